The van der Waals surface area contributed by atoms with Crippen LogP contribution in [0.1, 0.15) is 5.56 Å². The van der Waals surface area contributed by atoms with Crippen LogP contribution in [0, 0.1) is 0 Å². The summed E-state index contributed by atoms with van der Waals surface area (Å²) in [4.78, 5) is 18.3. The van der Waals surface area contributed by atoms with Crippen LogP contribution in [0.25, 0.3) is 6.08 Å². The normalized spacial score (nSPS) is 18.5. The molecule has 2 aliphatic heterocycles. The average Bonchev–Trinajstić information content (AvgIpc) is 3.07. The third kappa shape index (κ3) is 4.11. The van der Waals surface area contributed by atoms with Gasteiger partial charge >= 0.3 is 0 Å². The number of hydrogen-bond donors (Lipinski definition) is 1. The van der Waals surface area contributed by atoms with E-state index >= 15 is 0 Å². The van der Waals surface area contributed by atoms with Crippen LogP contribution in [-0.4, -0.2) is 49.7 Å². The Bertz CT molecular complexity index is 578. The minimum atomic E-state index is -0.134. The lowest BCUT2D eigenvalue weighted by Gasteiger charge is -2.28. The summed E-state index contributed by atoms with van der Waals surface area (Å²) in [5.41, 5.74) is 2.20. The largest absolute Gasteiger partial charge is 0.378 e. The van der Waals surface area contributed by atoms with Crippen molar-refractivity contribution in [2.45, 2.75) is 0 Å². The number of aliphatic imine (C=N–C) groups is 1. The molecule has 0 aliphatic carbocycles. The second-order valence-corrected chi connectivity index (χ2v) is 6.13. The summed E-state index contributed by atoms with van der Waals surface area (Å²) in [5, 5.41) is 3.50. The molecular formula is C16H19N3O2S. The number of anilines is 1. The first-order valence-electron chi connectivity index (χ1n) is 7.40. The van der Waals surface area contributed by atoms with Gasteiger partial charge in [0.2, 0.25) is 5.91 Å². The SMILES string of the molecule is O=C(/C=C/c1ccc(N2CCOCC2)cc1)NC1=NCCS1. The molecule has 1 saturated heterocycles. The lowest BCUT2D eigenvalue weighted by atomic mass is 10.1. The van der Waals surface area contributed by atoms with Gasteiger partial charge in [-0.3, -0.25) is 9.79 Å². The number of nitrogens with one attached hydrogen (secondary N) is 1. The van der Waals surface area contributed by atoms with Crippen LogP contribution in [0.3, 0.4) is 0 Å². The first kappa shape index (κ1) is 15.1. The fraction of sp³-hybridized carbons (Fsp3) is 0.375. The van der Waals surface area contributed by atoms with Crippen LogP contribution in [0.5, 0.6) is 0 Å². The van der Waals surface area contributed by atoms with Crippen LogP contribution >= 0.6 is 11.8 Å². The van der Waals surface area contributed by atoms with Crippen LogP contribution in [0.15, 0.2) is 35.3 Å². The maximum absolute atomic E-state index is 11.8. The van der Waals surface area contributed by atoms with E-state index in [9.17, 15) is 4.79 Å². The lowest BCUT2D eigenvalue weighted by molar-refractivity contribution is -0.115. The molecule has 0 spiro atoms. The second kappa shape index (κ2) is 7.47. The van der Waals surface area contributed by atoms with Gasteiger partial charge in [-0.2, -0.15) is 0 Å². The maximum atomic E-state index is 11.8. The Morgan fingerprint density at radius 1 is 1.27 bits per heavy atom. The highest BCUT2D eigenvalue weighted by Gasteiger charge is 2.11. The number of nitrogens with zero attached hydrogens (tertiary/aromatic N) is 2. The number of amides is 1. The van der Waals surface area contributed by atoms with Gasteiger partial charge in [0.05, 0.1) is 19.8 Å². The number of carbonyl (C=O) groups is 1. The lowest BCUT2D eigenvalue weighted by Crippen LogP contribution is -2.36. The topological polar surface area (TPSA) is 53.9 Å². The Morgan fingerprint density at radius 2 is 2.05 bits per heavy atom. The molecule has 116 valence electrons. The summed E-state index contributed by atoms with van der Waals surface area (Å²) in [6, 6.07) is 8.21. The molecular weight excluding hydrogens is 298 g/mol. The van der Waals surface area contributed by atoms with E-state index in [0.717, 1.165) is 49.3 Å². The molecule has 0 bridgehead atoms. The molecule has 22 heavy (non-hydrogen) atoms. The zero-order valence-electron chi connectivity index (χ0n) is 12.3. The van der Waals surface area contributed by atoms with Crippen molar-refractivity contribution in [3.8, 4) is 0 Å². The summed E-state index contributed by atoms with van der Waals surface area (Å²) in [7, 11) is 0. The van der Waals surface area contributed by atoms with Gasteiger partial charge < -0.3 is 15.0 Å². The third-order valence-electron chi connectivity index (χ3n) is 3.51. The van der Waals surface area contributed by atoms with E-state index in [-0.39, 0.29) is 5.91 Å². The van der Waals surface area contributed by atoms with Gasteiger partial charge in [0.25, 0.3) is 0 Å². The molecule has 5 nitrogen and oxygen atoms in total. The van der Waals surface area contributed by atoms with Crippen LogP contribution < -0.4 is 10.2 Å². The summed E-state index contributed by atoms with van der Waals surface area (Å²) < 4.78 is 5.36. The average molecular weight is 317 g/mol. The first-order chi connectivity index (χ1) is 10.8. The van der Waals surface area contributed by atoms with Gasteiger partial charge in [-0.05, 0) is 23.8 Å². The Labute approximate surface area is 134 Å². The number of amidine groups is 1. The highest BCUT2D eigenvalue weighted by molar-refractivity contribution is 8.14. The summed E-state index contributed by atoms with van der Waals surface area (Å²) in [6.45, 7) is 4.20. The fourth-order valence-corrected chi connectivity index (χ4v) is 3.08. The van der Waals surface area contributed by atoms with Crippen molar-refractivity contribution < 1.29 is 9.53 Å². The van der Waals surface area contributed by atoms with E-state index in [2.05, 4.69) is 27.3 Å². The molecule has 1 aromatic carbocycles. The number of morpholine rings is 1. The van der Waals surface area contributed by atoms with E-state index in [0.29, 0.717) is 0 Å². The summed E-state index contributed by atoms with van der Waals surface area (Å²) in [6.07, 6.45) is 3.36. The number of carbonyl (C=O) groups excluding carboxylic acids is 1. The third-order valence-corrected chi connectivity index (χ3v) is 4.40. The molecule has 2 heterocycles. The molecule has 1 N–H and O–H groups in total. The second-order valence-electron chi connectivity index (χ2n) is 5.05. The molecule has 0 radical (unpaired) electrons. The molecule has 0 aromatic heterocycles. The quantitative estimate of drug-likeness (QED) is 0.863. The first-order valence-corrected chi connectivity index (χ1v) is 8.39. The van der Waals surface area contributed by atoms with Crippen molar-refractivity contribution in [3.05, 3.63) is 35.9 Å². The zero-order chi connectivity index (χ0) is 15.2. The summed E-state index contributed by atoms with van der Waals surface area (Å²) >= 11 is 1.58. The fourth-order valence-electron chi connectivity index (χ4n) is 2.35. The van der Waals surface area contributed by atoms with Crippen molar-refractivity contribution in [1.82, 2.24) is 5.32 Å². The van der Waals surface area contributed by atoms with E-state index in [1.54, 1.807) is 17.8 Å². The van der Waals surface area contributed by atoms with Crippen molar-refractivity contribution in [3.63, 3.8) is 0 Å². The van der Waals surface area contributed by atoms with Crippen LogP contribution in [-0.2, 0) is 9.53 Å². The van der Waals surface area contributed by atoms with Gasteiger partial charge in [-0.15, -0.1) is 0 Å². The standard InChI is InChI=1S/C16H19N3O2S/c20-15(18-16-17-7-12-22-16)6-3-13-1-4-14(5-2-13)19-8-10-21-11-9-19/h1-6H,7-12H2,(H,17,18,20)/b6-3+. The van der Waals surface area contributed by atoms with E-state index in [1.807, 2.05) is 18.2 Å². The summed E-state index contributed by atoms with van der Waals surface area (Å²) in [5.74, 6) is 0.813. The molecule has 1 amide bonds. The molecule has 0 atom stereocenters. The predicted octanol–water partition coefficient (Wildman–Crippen LogP) is 1.76. The Morgan fingerprint density at radius 3 is 2.73 bits per heavy atom. The number of ether oxygens (including phenoxy) is 1. The molecule has 0 unspecified atom stereocenters. The van der Waals surface area contributed by atoms with Crippen molar-refractivity contribution >= 4 is 34.6 Å². The highest BCUT2D eigenvalue weighted by atomic mass is 32.2. The zero-order valence-corrected chi connectivity index (χ0v) is 13.1. The Hall–Kier alpha value is -1.79. The molecule has 1 aromatic rings. The smallest absolute Gasteiger partial charge is 0.249 e. The molecule has 3 rings (SSSR count). The van der Waals surface area contributed by atoms with Gasteiger partial charge in [0, 0.05) is 30.6 Å². The monoisotopic (exact) mass is 317 g/mol. The van der Waals surface area contributed by atoms with Gasteiger partial charge in [-0.25, -0.2) is 0 Å². The van der Waals surface area contributed by atoms with Gasteiger partial charge in [-0.1, -0.05) is 23.9 Å². The number of benzene rings is 1. The molecule has 2 aliphatic rings. The van der Waals surface area contributed by atoms with E-state index in [1.165, 1.54) is 5.69 Å². The van der Waals surface area contributed by atoms with E-state index < -0.39 is 0 Å². The van der Waals surface area contributed by atoms with Crippen LogP contribution in [0.4, 0.5) is 5.69 Å². The highest BCUT2D eigenvalue weighted by Crippen LogP contribution is 2.17. The Kier molecular flexibility index (Phi) is 5.13. The van der Waals surface area contributed by atoms with Crippen LogP contribution in [0.2, 0.25) is 0 Å². The van der Waals surface area contributed by atoms with Gasteiger partial charge in [0.1, 0.15) is 0 Å². The minimum absolute atomic E-state index is 0.134. The van der Waals surface area contributed by atoms with Crippen molar-refractivity contribution in [2.75, 3.05) is 43.5 Å². The predicted molar refractivity (Wildman–Crippen MR) is 91.4 cm³/mol. The molecule has 1 fully saturated rings. The molecule has 6 heteroatoms. The number of thioether (sulfide) groups is 1. The maximum Gasteiger partial charge on any atom is 0.249 e. The molecule has 0 saturated carbocycles. The van der Waals surface area contributed by atoms with Crippen molar-refractivity contribution in [2.24, 2.45) is 4.99 Å². The van der Waals surface area contributed by atoms with Crippen molar-refractivity contribution in [1.29, 1.82) is 0 Å². The Balaban J connectivity index is 1.55. The minimum Gasteiger partial charge on any atom is -0.378 e. The number of hydrogen-bond acceptors (Lipinski definition) is 5. The number of rotatable bonds is 3. The van der Waals surface area contributed by atoms with Gasteiger partial charge in [0.15, 0.2) is 5.17 Å². The van der Waals surface area contributed by atoms with E-state index in [4.69, 9.17) is 4.74 Å².